The van der Waals surface area contributed by atoms with Gasteiger partial charge in [-0.25, -0.2) is 14.7 Å². The lowest BCUT2D eigenvalue weighted by molar-refractivity contribution is -0.0584. The minimum absolute atomic E-state index is 0.0933. The molecule has 3 heterocycles. The summed E-state index contributed by atoms with van der Waals surface area (Å²) >= 11 is 1.53. The van der Waals surface area contributed by atoms with Crippen molar-refractivity contribution in [2.24, 2.45) is 0 Å². The molecule has 2 saturated heterocycles. The Hall–Kier alpha value is -1.94. The normalized spacial score (nSPS) is 30.3. The lowest BCUT2D eigenvalue weighted by atomic mass is 9.81. The maximum Gasteiger partial charge on any atom is 0.407 e. The highest BCUT2D eigenvalue weighted by atomic mass is 32.1. The van der Waals surface area contributed by atoms with Crippen LogP contribution in [-0.4, -0.2) is 61.7 Å². The average Bonchev–Trinajstić information content (AvgIpc) is 3.10. The summed E-state index contributed by atoms with van der Waals surface area (Å²) in [4.78, 5) is 25.6. The molecule has 2 aliphatic heterocycles. The zero-order valence-corrected chi connectivity index (χ0v) is 16.5. The van der Waals surface area contributed by atoms with E-state index in [0.29, 0.717) is 6.54 Å². The van der Waals surface area contributed by atoms with Crippen LogP contribution in [0.4, 0.5) is 9.59 Å². The number of ether oxygens (including phenoxy) is 1. The van der Waals surface area contributed by atoms with Gasteiger partial charge in [-0.15, -0.1) is 10.2 Å². The van der Waals surface area contributed by atoms with Crippen LogP contribution < -0.4 is 5.32 Å². The van der Waals surface area contributed by atoms with Crippen LogP contribution in [0.15, 0.2) is 0 Å². The molecule has 1 aromatic heterocycles. The van der Waals surface area contributed by atoms with Crippen molar-refractivity contribution in [3.05, 3.63) is 10.0 Å². The number of rotatable bonds is 3. The predicted molar refractivity (Wildman–Crippen MR) is 96.5 cm³/mol. The summed E-state index contributed by atoms with van der Waals surface area (Å²) < 4.78 is 5.28. The van der Waals surface area contributed by atoms with Gasteiger partial charge in [-0.2, -0.15) is 0 Å². The number of aromatic nitrogens is 2. The first-order chi connectivity index (χ1) is 12.7. The zero-order valence-electron chi connectivity index (χ0n) is 15.7. The van der Waals surface area contributed by atoms with Crippen LogP contribution in [0.25, 0.3) is 0 Å². The van der Waals surface area contributed by atoms with Crippen molar-refractivity contribution >= 4 is 23.5 Å². The van der Waals surface area contributed by atoms with E-state index < -0.39 is 5.60 Å². The van der Waals surface area contributed by atoms with E-state index in [0.717, 1.165) is 40.8 Å². The number of nitrogens with zero attached hydrogens (tertiary/aromatic N) is 4. The molecule has 1 aromatic rings. The van der Waals surface area contributed by atoms with Crippen LogP contribution in [0.1, 0.15) is 68.4 Å². The van der Waals surface area contributed by atoms with Gasteiger partial charge in [0.2, 0.25) is 0 Å². The minimum atomic E-state index is -0.502. The van der Waals surface area contributed by atoms with E-state index in [9.17, 15) is 14.8 Å². The van der Waals surface area contributed by atoms with Gasteiger partial charge in [-0.05, 0) is 46.5 Å². The highest BCUT2D eigenvalue weighted by Gasteiger charge is 2.46. The maximum absolute atomic E-state index is 12.1. The van der Waals surface area contributed by atoms with Gasteiger partial charge in [0.25, 0.3) is 0 Å². The topological polar surface area (TPSA) is 108 Å². The van der Waals surface area contributed by atoms with Crippen molar-refractivity contribution in [2.45, 2.75) is 76.1 Å². The third-order valence-corrected chi connectivity index (χ3v) is 6.48. The summed E-state index contributed by atoms with van der Waals surface area (Å²) in [6, 6.07) is -0.458. The summed E-state index contributed by atoms with van der Waals surface area (Å²) in [5.74, 6) is 0.274. The third kappa shape index (κ3) is 3.60. The predicted octanol–water partition coefficient (Wildman–Crippen LogP) is 2.64. The van der Waals surface area contributed by atoms with E-state index in [2.05, 4.69) is 15.5 Å². The smallest absolute Gasteiger partial charge is 0.407 e. The Bertz CT molecular complexity index is 742. The highest BCUT2D eigenvalue weighted by molar-refractivity contribution is 7.11. The van der Waals surface area contributed by atoms with E-state index in [1.165, 1.54) is 11.3 Å². The maximum atomic E-state index is 12.1. The van der Waals surface area contributed by atoms with Crippen molar-refractivity contribution in [1.29, 1.82) is 0 Å². The number of hydrogen-bond acceptors (Lipinski definition) is 7. The Kier molecular flexibility index (Phi) is 4.50. The van der Waals surface area contributed by atoms with Gasteiger partial charge >= 0.3 is 12.1 Å². The van der Waals surface area contributed by atoms with Crippen LogP contribution in [-0.2, 0) is 4.74 Å². The number of hydroxylamine groups is 2. The Morgan fingerprint density at radius 3 is 2.67 bits per heavy atom. The number of alkyl carbamates (subject to hydrolysis) is 1. The average molecular weight is 395 g/mol. The monoisotopic (exact) mass is 395 g/mol. The van der Waals surface area contributed by atoms with Crippen molar-refractivity contribution in [3.63, 3.8) is 0 Å². The molecule has 4 rings (SSSR count). The SMILES string of the molecule is CC(C)(C)OC(=O)NC1CC(c2nnc([C@@H]3CC[C@@H]4CN3C(=O)N4O)s2)C1. The Morgan fingerprint density at radius 2 is 1.96 bits per heavy atom. The zero-order chi connectivity index (χ0) is 19.3. The molecule has 3 aliphatic rings. The molecule has 27 heavy (non-hydrogen) atoms. The van der Waals surface area contributed by atoms with E-state index in [1.54, 1.807) is 4.90 Å². The summed E-state index contributed by atoms with van der Waals surface area (Å²) in [6.07, 6.45) is 2.79. The second kappa shape index (κ2) is 6.59. The molecule has 148 valence electrons. The molecule has 2 bridgehead atoms. The van der Waals surface area contributed by atoms with E-state index >= 15 is 0 Å². The minimum Gasteiger partial charge on any atom is -0.444 e. The second-order valence-electron chi connectivity index (χ2n) is 8.52. The van der Waals surface area contributed by atoms with E-state index in [1.807, 2.05) is 20.8 Å². The first kappa shape index (κ1) is 18.4. The molecule has 2 N–H and O–H groups in total. The Labute approximate surface area is 161 Å². The van der Waals surface area contributed by atoms with Gasteiger partial charge in [0, 0.05) is 18.5 Å². The van der Waals surface area contributed by atoms with Gasteiger partial charge in [0.05, 0.1) is 12.1 Å². The number of carbonyl (C=O) groups excluding carboxylic acids is 2. The van der Waals surface area contributed by atoms with Crippen molar-refractivity contribution < 1.29 is 19.5 Å². The van der Waals surface area contributed by atoms with Crippen molar-refractivity contribution in [2.75, 3.05) is 6.54 Å². The molecule has 2 atom stereocenters. The fourth-order valence-corrected chi connectivity index (χ4v) is 4.98. The Balaban J connectivity index is 1.32. The number of nitrogens with one attached hydrogen (secondary N) is 1. The molecule has 0 unspecified atom stereocenters. The summed E-state index contributed by atoms with van der Waals surface area (Å²) in [5, 5.41) is 24.0. The largest absolute Gasteiger partial charge is 0.444 e. The molecule has 0 aromatic carbocycles. The van der Waals surface area contributed by atoms with Gasteiger partial charge in [0.15, 0.2) is 0 Å². The van der Waals surface area contributed by atoms with Gasteiger partial charge in [-0.1, -0.05) is 11.3 Å². The molecular formula is C17H25N5O4S. The molecule has 0 radical (unpaired) electrons. The summed E-state index contributed by atoms with van der Waals surface area (Å²) in [6.45, 7) is 6.06. The first-order valence-electron chi connectivity index (χ1n) is 9.33. The number of piperidine rings is 1. The number of amides is 3. The van der Waals surface area contributed by atoms with E-state index in [4.69, 9.17) is 4.74 Å². The van der Waals surface area contributed by atoms with Gasteiger partial charge in [-0.3, -0.25) is 5.21 Å². The van der Waals surface area contributed by atoms with Crippen LogP contribution in [0.2, 0.25) is 0 Å². The third-order valence-electron chi connectivity index (χ3n) is 5.29. The van der Waals surface area contributed by atoms with Gasteiger partial charge < -0.3 is 15.0 Å². The van der Waals surface area contributed by atoms with E-state index in [-0.39, 0.29) is 36.2 Å². The summed E-state index contributed by atoms with van der Waals surface area (Å²) in [7, 11) is 0. The van der Waals surface area contributed by atoms with Gasteiger partial charge in [0.1, 0.15) is 15.6 Å². The fraction of sp³-hybridized carbons (Fsp3) is 0.765. The summed E-state index contributed by atoms with van der Waals surface area (Å²) in [5.41, 5.74) is -0.502. The number of hydrogen-bond donors (Lipinski definition) is 2. The van der Waals surface area contributed by atoms with Crippen LogP contribution >= 0.6 is 11.3 Å². The molecule has 10 heteroatoms. The van der Waals surface area contributed by atoms with Crippen molar-refractivity contribution in [3.8, 4) is 0 Å². The molecule has 3 fully saturated rings. The quantitative estimate of drug-likeness (QED) is 0.762. The number of fused-ring (bicyclic) bond motifs is 2. The molecule has 1 aliphatic carbocycles. The lowest BCUT2D eigenvalue weighted by Crippen LogP contribution is -2.45. The van der Waals surface area contributed by atoms with Crippen LogP contribution in [0.3, 0.4) is 0 Å². The molecule has 1 saturated carbocycles. The fourth-order valence-electron chi connectivity index (χ4n) is 3.87. The first-order valence-corrected chi connectivity index (χ1v) is 10.1. The van der Waals surface area contributed by atoms with Crippen LogP contribution in [0.5, 0.6) is 0 Å². The lowest BCUT2D eigenvalue weighted by Gasteiger charge is -2.34. The molecular weight excluding hydrogens is 370 g/mol. The molecule has 0 spiro atoms. The standard InChI is InChI=1S/C17H25N5O4S/c1-17(2,3)26-15(23)18-10-6-9(7-10)13-19-20-14(27-13)12-5-4-11-8-21(12)16(24)22(11)25/h9-12,25H,4-8H2,1-3H3,(H,18,23)/t9?,10?,11-,12+/m1/s1. The van der Waals surface area contributed by atoms with Crippen LogP contribution in [0, 0.1) is 0 Å². The number of carbonyl (C=O) groups is 2. The van der Waals surface area contributed by atoms with Crippen molar-refractivity contribution in [1.82, 2.24) is 25.5 Å². The molecule has 9 nitrogen and oxygen atoms in total. The Morgan fingerprint density at radius 1 is 1.26 bits per heavy atom. The second-order valence-corrected chi connectivity index (χ2v) is 9.56. The number of urea groups is 1. The highest BCUT2D eigenvalue weighted by Crippen LogP contribution is 2.42. The molecule has 3 amide bonds.